The van der Waals surface area contributed by atoms with Crippen molar-refractivity contribution in [2.24, 2.45) is 5.92 Å². The molecule has 1 saturated carbocycles. The number of rotatable bonds is 2. The van der Waals surface area contributed by atoms with Crippen molar-refractivity contribution in [3.8, 4) is 0 Å². The third-order valence-corrected chi connectivity index (χ3v) is 6.80. The Hall–Kier alpha value is -1.24. The van der Waals surface area contributed by atoms with Gasteiger partial charge in [0.05, 0.1) is 0 Å². The van der Waals surface area contributed by atoms with Crippen molar-refractivity contribution in [2.45, 2.75) is 57.5 Å². The van der Waals surface area contributed by atoms with Gasteiger partial charge in [0.25, 0.3) is 5.91 Å². The Balaban J connectivity index is 1.71. The zero-order valence-electron chi connectivity index (χ0n) is 14.5. The molecule has 0 aromatic rings. The monoisotopic (exact) mass is 353 g/mol. The molecule has 0 aromatic carbocycles. The highest BCUT2D eigenvalue weighted by Crippen LogP contribution is 2.38. The normalized spacial score (nSPS) is 34.4. The van der Waals surface area contributed by atoms with E-state index in [4.69, 9.17) is 0 Å². The molecule has 7 heteroatoms. The van der Waals surface area contributed by atoms with Crippen LogP contribution in [0.1, 0.15) is 46.0 Å². The Morgan fingerprint density at radius 1 is 1.25 bits per heavy atom. The van der Waals surface area contributed by atoms with Crippen molar-refractivity contribution in [1.82, 2.24) is 15.1 Å². The highest BCUT2D eigenvalue weighted by atomic mass is 32.2. The van der Waals surface area contributed by atoms with Gasteiger partial charge in [-0.2, -0.15) is 11.8 Å². The SMILES string of the molecule is C[C@@H]1CCSCCN1C(=O)CN1C(=O)N[C@@]2(CCCC[C@H]2C)C1=O. The van der Waals surface area contributed by atoms with E-state index in [-0.39, 0.29) is 30.3 Å². The van der Waals surface area contributed by atoms with E-state index >= 15 is 0 Å². The lowest BCUT2D eigenvalue weighted by molar-refractivity contribution is -0.141. The van der Waals surface area contributed by atoms with Gasteiger partial charge < -0.3 is 10.2 Å². The maximum Gasteiger partial charge on any atom is 0.325 e. The Morgan fingerprint density at radius 3 is 2.79 bits per heavy atom. The molecule has 0 unspecified atom stereocenters. The summed E-state index contributed by atoms with van der Waals surface area (Å²) in [5.41, 5.74) is -0.782. The molecule has 0 aromatic heterocycles. The first-order valence-electron chi connectivity index (χ1n) is 8.97. The van der Waals surface area contributed by atoms with Crippen LogP contribution >= 0.6 is 11.8 Å². The van der Waals surface area contributed by atoms with E-state index in [1.54, 1.807) is 0 Å². The van der Waals surface area contributed by atoms with Crippen LogP contribution < -0.4 is 5.32 Å². The summed E-state index contributed by atoms with van der Waals surface area (Å²) in [4.78, 5) is 41.0. The zero-order valence-corrected chi connectivity index (χ0v) is 15.4. The minimum Gasteiger partial charge on any atom is -0.338 e. The number of imide groups is 1. The van der Waals surface area contributed by atoms with Gasteiger partial charge >= 0.3 is 6.03 Å². The van der Waals surface area contributed by atoms with Gasteiger partial charge in [-0.1, -0.05) is 19.8 Å². The molecule has 3 aliphatic rings. The highest BCUT2D eigenvalue weighted by molar-refractivity contribution is 7.99. The molecule has 6 nitrogen and oxygen atoms in total. The van der Waals surface area contributed by atoms with Gasteiger partial charge in [-0.3, -0.25) is 14.5 Å². The molecular formula is C17H27N3O3S. The van der Waals surface area contributed by atoms with Crippen molar-refractivity contribution >= 4 is 29.6 Å². The van der Waals surface area contributed by atoms with Crippen LogP contribution in [-0.4, -0.2) is 63.8 Å². The van der Waals surface area contributed by atoms with Gasteiger partial charge in [-0.05, 0) is 37.9 Å². The van der Waals surface area contributed by atoms with Crippen LogP contribution in [0.3, 0.4) is 0 Å². The van der Waals surface area contributed by atoms with Gasteiger partial charge in [0.15, 0.2) is 0 Å². The topological polar surface area (TPSA) is 69.7 Å². The molecule has 3 atom stereocenters. The molecule has 4 amide bonds. The number of thioether (sulfide) groups is 1. The fraction of sp³-hybridized carbons (Fsp3) is 0.824. The lowest BCUT2D eigenvalue weighted by atomic mass is 9.73. The van der Waals surface area contributed by atoms with E-state index in [0.29, 0.717) is 13.0 Å². The first-order valence-corrected chi connectivity index (χ1v) is 10.1. The smallest absolute Gasteiger partial charge is 0.325 e. The first kappa shape index (κ1) is 17.6. The van der Waals surface area contributed by atoms with Gasteiger partial charge in [0.1, 0.15) is 12.1 Å². The fourth-order valence-corrected chi connectivity index (χ4v) is 5.17. The largest absolute Gasteiger partial charge is 0.338 e. The molecule has 2 aliphatic heterocycles. The van der Waals surface area contributed by atoms with Crippen LogP contribution in [0.25, 0.3) is 0 Å². The van der Waals surface area contributed by atoms with Crippen molar-refractivity contribution in [1.29, 1.82) is 0 Å². The summed E-state index contributed by atoms with van der Waals surface area (Å²) >= 11 is 1.85. The molecular weight excluding hydrogens is 326 g/mol. The van der Waals surface area contributed by atoms with E-state index in [0.717, 1.165) is 42.1 Å². The van der Waals surface area contributed by atoms with Gasteiger partial charge in [0.2, 0.25) is 5.91 Å². The van der Waals surface area contributed by atoms with Crippen molar-refractivity contribution in [3.63, 3.8) is 0 Å². The van der Waals surface area contributed by atoms with Crippen LogP contribution in [0, 0.1) is 5.92 Å². The summed E-state index contributed by atoms with van der Waals surface area (Å²) in [5, 5.41) is 2.91. The van der Waals surface area contributed by atoms with Crippen molar-refractivity contribution in [3.05, 3.63) is 0 Å². The van der Waals surface area contributed by atoms with Gasteiger partial charge in [-0.25, -0.2) is 4.79 Å². The summed E-state index contributed by atoms with van der Waals surface area (Å²) in [6.45, 7) is 4.63. The highest BCUT2D eigenvalue weighted by Gasteiger charge is 2.55. The number of nitrogens with one attached hydrogen (secondary N) is 1. The number of hydrogen-bond donors (Lipinski definition) is 1. The summed E-state index contributed by atoms with van der Waals surface area (Å²) in [6, 6.07) is -0.241. The molecule has 2 saturated heterocycles. The summed E-state index contributed by atoms with van der Waals surface area (Å²) in [6.07, 6.45) is 4.61. The van der Waals surface area contributed by atoms with Gasteiger partial charge in [0, 0.05) is 18.3 Å². The lowest BCUT2D eigenvalue weighted by Crippen LogP contribution is -2.54. The first-order chi connectivity index (χ1) is 11.5. The minimum atomic E-state index is -0.782. The standard InChI is InChI=1S/C17H27N3O3S/c1-12-5-3-4-7-17(12)15(22)20(16(23)18-17)11-14(21)19-8-10-24-9-6-13(19)2/h12-13H,3-11H2,1-2H3,(H,18,23)/t12-,13-,17-/m1/s1. The number of carbonyl (C=O) groups excluding carboxylic acids is 3. The quantitative estimate of drug-likeness (QED) is 0.769. The summed E-state index contributed by atoms with van der Waals surface area (Å²) in [7, 11) is 0. The second-order valence-electron chi connectivity index (χ2n) is 7.28. The Morgan fingerprint density at radius 2 is 2.04 bits per heavy atom. The van der Waals surface area contributed by atoms with Crippen molar-refractivity contribution in [2.75, 3.05) is 24.6 Å². The molecule has 1 spiro atoms. The predicted octanol–water partition coefficient (Wildman–Crippen LogP) is 1.84. The second kappa shape index (κ2) is 6.94. The van der Waals surface area contributed by atoms with E-state index in [9.17, 15) is 14.4 Å². The average molecular weight is 353 g/mol. The number of hydrogen-bond acceptors (Lipinski definition) is 4. The molecule has 3 rings (SSSR count). The molecule has 134 valence electrons. The molecule has 24 heavy (non-hydrogen) atoms. The number of carbonyl (C=O) groups is 3. The third-order valence-electron chi connectivity index (χ3n) is 5.80. The lowest BCUT2D eigenvalue weighted by Gasteiger charge is -2.37. The van der Waals surface area contributed by atoms with E-state index < -0.39 is 11.6 Å². The van der Waals surface area contributed by atoms with Crippen LogP contribution in [0.4, 0.5) is 4.79 Å². The molecule has 3 fully saturated rings. The average Bonchev–Trinajstić information content (AvgIpc) is 2.71. The van der Waals surface area contributed by atoms with E-state index in [1.807, 2.05) is 30.5 Å². The summed E-state index contributed by atoms with van der Waals surface area (Å²) < 4.78 is 0. The maximum absolute atomic E-state index is 12.9. The van der Waals surface area contributed by atoms with E-state index in [1.165, 1.54) is 0 Å². The number of amides is 4. The molecule has 1 N–H and O–H groups in total. The summed E-state index contributed by atoms with van der Waals surface area (Å²) in [5.74, 6) is 1.77. The second-order valence-corrected chi connectivity index (χ2v) is 8.50. The molecule has 0 radical (unpaired) electrons. The van der Waals surface area contributed by atoms with E-state index in [2.05, 4.69) is 5.32 Å². The molecule has 1 aliphatic carbocycles. The Kier molecular flexibility index (Phi) is 5.08. The molecule has 0 bridgehead atoms. The molecule has 2 heterocycles. The third kappa shape index (κ3) is 3.03. The number of nitrogens with zero attached hydrogens (tertiary/aromatic N) is 2. The Bertz CT molecular complexity index is 541. The van der Waals surface area contributed by atoms with Crippen LogP contribution in [0.5, 0.6) is 0 Å². The zero-order chi connectivity index (χ0) is 17.3. The van der Waals surface area contributed by atoms with Gasteiger partial charge in [-0.15, -0.1) is 0 Å². The fourth-order valence-electron chi connectivity index (χ4n) is 4.13. The predicted molar refractivity (Wildman–Crippen MR) is 93.7 cm³/mol. The van der Waals surface area contributed by atoms with Crippen LogP contribution in [0.2, 0.25) is 0 Å². The van der Waals surface area contributed by atoms with Crippen molar-refractivity contribution < 1.29 is 14.4 Å². The minimum absolute atomic E-state index is 0.117. The van der Waals surface area contributed by atoms with Crippen LogP contribution in [-0.2, 0) is 9.59 Å². The maximum atomic E-state index is 12.9. The Labute approximate surface area is 147 Å². The van der Waals surface area contributed by atoms with Crippen LogP contribution in [0.15, 0.2) is 0 Å². The number of urea groups is 1.